The summed E-state index contributed by atoms with van der Waals surface area (Å²) in [4.78, 5) is 21.2. The van der Waals surface area contributed by atoms with Crippen LogP contribution in [-0.4, -0.2) is 31.4 Å². The van der Waals surface area contributed by atoms with Crippen molar-refractivity contribution in [3.05, 3.63) is 65.4 Å². The quantitative estimate of drug-likeness (QED) is 0.541. The molecule has 0 saturated heterocycles. The fourth-order valence-corrected chi connectivity index (χ4v) is 3.48. The number of anilines is 1. The fraction of sp³-hybridized carbons (Fsp3) is 0.238. The molecule has 1 atom stereocenters. The van der Waals surface area contributed by atoms with Crippen LogP contribution in [0.25, 0.3) is 17.0 Å². The molecule has 3 heterocycles. The van der Waals surface area contributed by atoms with Crippen LogP contribution >= 0.6 is 0 Å². The molecule has 1 saturated carbocycles. The Morgan fingerprint density at radius 2 is 2.07 bits per heavy atom. The number of nitrogens with one attached hydrogen (secondary N) is 1. The number of imidazole rings is 1. The average Bonchev–Trinajstić information content (AvgIpc) is 3.08. The number of nitrogens with zero attached hydrogens (tertiary/aromatic N) is 4. The van der Waals surface area contributed by atoms with E-state index in [9.17, 15) is 13.6 Å². The van der Waals surface area contributed by atoms with Crippen molar-refractivity contribution in [2.45, 2.75) is 32.1 Å². The van der Waals surface area contributed by atoms with E-state index in [4.69, 9.17) is 4.52 Å². The highest BCUT2D eigenvalue weighted by Crippen LogP contribution is 2.55. The lowest BCUT2D eigenvalue weighted by Crippen LogP contribution is -2.15. The van der Waals surface area contributed by atoms with E-state index < -0.39 is 11.8 Å². The Hall–Kier alpha value is -3.62. The van der Waals surface area contributed by atoms with Crippen molar-refractivity contribution in [1.82, 2.24) is 19.5 Å². The Morgan fingerprint density at radius 3 is 2.83 bits per heavy atom. The standard InChI is InChI=1S/C21H17F2N5O2/c1-11-7-12(2)15(25-19(29)16-10-24-17-5-3-4-6-28(16)17)8-13(11)18-26-20(30-27-18)14-9-21(14,22)23/h3-8,10,14H,9H2,1-2H3,(H,25,29)/t14-/m0/s1. The van der Waals surface area contributed by atoms with Gasteiger partial charge in [-0.25, -0.2) is 13.8 Å². The lowest BCUT2D eigenvalue weighted by Gasteiger charge is -2.12. The number of carbonyl (C=O) groups excluding carboxylic acids is 1. The predicted octanol–water partition coefficient (Wildman–Crippen LogP) is 4.38. The maximum absolute atomic E-state index is 13.3. The molecule has 4 aromatic rings. The van der Waals surface area contributed by atoms with Gasteiger partial charge in [-0.05, 0) is 43.2 Å². The van der Waals surface area contributed by atoms with Crippen LogP contribution in [-0.2, 0) is 0 Å². The van der Waals surface area contributed by atoms with Gasteiger partial charge in [0.25, 0.3) is 11.8 Å². The molecule has 1 amide bonds. The smallest absolute Gasteiger partial charge is 0.274 e. The van der Waals surface area contributed by atoms with Crippen LogP contribution in [0.15, 0.2) is 47.2 Å². The van der Waals surface area contributed by atoms with Gasteiger partial charge in [-0.15, -0.1) is 0 Å². The van der Waals surface area contributed by atoms with Crippen LogP contribution in [0.4, 0.5) is 14.5 Å². The number of hydrogen-bond donors (Lipinski definition) is 1. The molecule has 0 aliphatic heterocycles. The van der Waals surface area contributed by atoms with E-state index >= 15 is 0 Å². The summed E-state index contributed by atoms with van der Waals surface area (Å²) in [6.45, 7) is 3.73. The van der Waals surface area contributed by atoms with Crippen LogP contribution in [0.5, 0.6) is 0 Å². The molecular weight excluding hydrogens is 392 g/mol. The summed E-state index contributed by atoms with van der Waals surface area (Å²) in [5.74, 6) is -3.96. The van der Waals surface area contributed by atoms with Gasteiger partial charge in [0.05, 0.1) is 6.20 Å². The minimum absolute atomic E-state index is 0.0636. The Balaban J connectivity index is 1.46. The summed E-state index contributed by atoms with van der Waals surface area (Å²) < 4.78 is 33.3. The van der Waals surface area contributed by atoms with Crippen molar-refractivity contribution in [2.24, 2.45) is 0 Å². The van der Waals surface area contributed by atoms with E-state index in [1.807, 2.05) is 38.1 Å². The number of fused-ring (bicyclic) bond motifs is 1. The highest BCUT2D eigenvalue weighted by Gasteiger charge is 2.61. The molecular formula is C21H17F2N5O2. The number of alkyl halides is 2. The summed E-state index contributed by atoms with van der Waals surface area (Å²) in [6, 6.07) is 9.07. The first-order chi connectivity index (χ1) is 14.3. The molecule has 30 heavy (non-hydrogen) atoms. The third-order valence-corrected chi connectivity index (χ3v) is 5.28. The van der Waals surface area contributed by atoms with Crippen molar-refractivity contribution in [3.63, 3.8) is 0 Å². The second-order valence-electron chi connectivity index (χ2n) is 7.48. The number of carbonyl (C=O) groups is 1. The van der Waals surface area contributed by atoms with Crippen molar-refractivity contribution in [1.29, 1.82) is 0 Å². The number of benzene rings is 1. The first-order valence-electron chi connectivity index (χ1n) is 9.40. The minimum atomic E-state index is -2.78. The highest BCUT2D eigenvalue weighted by molar-refractivity contribution is 6.04. The summed E-state index contributed by atoms with van der Waals surface area (Å²) in [7, 11) is 0. The van der Waals surface area contributed by atoms with E-state index in [1.165, 1.54) is 6.20 Å². The zero-order valence-electron chi connectivity index (χ0n) is 16.2. The predicted molar refractivity (Wildman–Crippen MR) is 105 cm³/mol. The van der Waals surface area contributed by atoms with Gasteiger partial charge < -0.3 is 9.84 Å². The molecule has 5 rings (SSSR count). The zero-order chi connectivity index (χ0) is 21.0. The van der Waals surface area contributed by atoms with Gasteiger partial charge in [0, 0.05) is 23.9 Å². The third kappa shape index (κ3) is 3.02. The average molecular weight is 409 g/mol. The molecule has 7 nitrogen and oxygen atoms in total. The molecule has 1 N–H and O–H groups in total. The summed E-state index contributed by atoms with van der Waals surface area (Å²) in [5.41, 5.74) is 3.92. The second kappa shape index (κ2) is 6.45. The van der Waals surface area contributed by atoms with Gasteiger partial charge in [-0.3, -0.25) is 9.20 Å². The first kappa shape index (κ1) is 18.4. The van der Waals surface area contributed by atoms with Crippen molar-refractivity contribution < 1.29 is 18.1 Å². The van der Waals surface area contributed by atoms with E-state index in [1.54, 1.807) is 16.7 Å². The fourth-order valence-electron chi connectivity index (χ4n) is 3.48. The summed E-state index contributed by atoms with van der Waals surface area (Å²) in [6.07, 6.45) is 3.00. The summed E-state index contributed by atoms with van der Waals surface area (Å²) in [5, 5.41) is 6.76. The largest absolute Gasteiger partial charge is 0.338 e. The van der Waals surface area contributed by atoms with Crippen LogP contribution in [0.1, 0.15) is 39.8 Å². The van der Waals surface area contributed by atoms with Crippen LogP contribution < -0.4 is 5.32 Å². The number of aryl methyl sites for hydroxylation is 2. The Labute approximate surface area is 169 Å². The van der Waals surface area contributed by atoms with E-state index in [0.29, 0.717) is 22.6 Å². The van der Waals surface area contributed by atoms with Crippen LogP contribution in [0, 0.1) is 13.8 Å². The topological polar surface area (TPSA) is 85.3 Å². The second-order valence-corrected chi connectivity index (χ2v) is 7.48. The van der Waals surface area contributed by atoms with Gasteiger partial charge in [-0.1, -0.05) is 17.3 Å². The summed E-state index contributed by atoms with van der Waals surface area (Å²) >= 11 is 0. The van der Waals surface area contributed by atoms with Crippen molar-refractivity contribution in [2.75, 3.05) is 5.32 Å². The third-order valence-electron chi connectivity index (χ3n) is 5.28. The van der Waals surface area contributed by atoms with Gasteiger partial charge >= 0.3 is 0 Å². The lowest BCUT2D eigenvalue weighted by atomic mass is 10.0. The molecule has 9 heteroatoms. The minimum Gasteiger partial charge on any atom is -0.338 e. The number of pyridine rings is 1. The van der Waals surface area contributed by atoms with E-state index in [-0.39, 0.29) is 24.0 Å². The van der Waals surface area contributed by atoms with Crippen molar-refractivity contribution >= 4 is 17.2 Å². The molecule has 1 fully saturated rings. The molecule has 152 valence electrons. The van der Waals surface area contributed by atoms with Gasteiger partial charge in [0.2, 0.25) is 11.7 Å². The van der Waals surface area contributed by atoms with Gasteiger partial charge in [0.15, 0.2) is 0 Å². The Kier molecular flexibility index (Phi) is 3.96. The number of aromatic nitrogens is 4. The SMILES string of the molecule is Cc1cc(C)c(-c2noc([C@@H]3CC3(F)F)n2)cc1NC(=O)c1cnc2ccccn12. The number of halogens is 2. The van der Waals surface area contributed by atoms with Crippen LogP contribution in [0.2, 0.25) is 0 Å². The van der Waals surface area contributed by atoms with Gasteiger partial charge in [-0.2, -0.15) is 4.98 Å². The molecule has 0 spiro atoms. The molecule has 1 aliphatic carbocycles. The number of hydrogen-bond acceptors (Lipinski definition) is 5. The first-order valence-corrected chi connectivity index (χ1v) is 9.40. The molecule has 0 bridgehead atoms. The van der Waals surface area contributed by atoms with Gasteiger partial charge in [0.1, 0.15) is 17.3 Å². The molecule has 1 aliphatic rings. The monoisotopic (exact) mass is 409 g/mol. The van der Waals surface area contributed by atoms with E-state index in [0.717, 1.165) is 11.1 Å². The molecule has 3 aromatic heterocycles. The number of rotatable bonds is 4. The Morgan fingerprint density at radius 1 is 1.27 bits per heavy atom. The maximum atomic E-state index is 13.3. The molecule has 0 unspecified atom stereocenters. The lowest BCUT2D eigenvalue weighted by molar-refractivity contribution is 0.102. The zero-order valence-corrected chi connectivity index (χ0v) is 16.2. The normalized spacial score (nSPS) is 17.3. The molecule has 0 radical (unpaired) electrons. The molecule has 1 aromatic carbocycles. The highest BCUT2D eigenvalue weighted by atomic mass is 19.3. The van der Waals surface area contributed by atoms with Crippen molar-refractivity contribution in [3.8, 4) is 11.4 Å². The Bertz CT molecular complexity index is 1290. The number of amides is 1. The maximum Gasteiger partial charge on any atom is 0.274 e. The van der Waals surface area contributed by atoms with E-state index in [2.05, 4.69) is 20.4 Å². The van der Waals surface area contributed by atoms with Crippen LogP contribution in [0.3, 0.4) is 0 Å².